The third-order valence-corrected chi connectivity index (χ3v) is 3.17. The Morgan fingerprint density at radius 3 is 2.88 bits per heavy atom. The van der Waals surface area contributed by atoms with E-state index in [1.165, 1.54) is 5.69 Å². The molecular formula is C13H20N2O. The average molecular weight is 220 g/mol. The van der Waals surface area contributed by atoms with Crippen LogP contribution in [0.15, 0.2) is 24.3 Å². The summed E-state index contributed by atoms with van der Waals surface area (Å²) < 4.78 is 5.27. The first-order valence-electron chi connectivity index (χ1n) is 5.76. The first-order valence-corrected chi connectivity index (χ1v) is 5.76. The van der Waals surface area contributed by atoms with Crippen LogP contribution in [0.2, 0.25) is 0 Å². The van der Waals surface area contributed by atoms with Crippen LogP contribution >= 0.6 is 0 Å². The molecule has 1 aromatic carbocycles. The first-order chi connectivity index (χ1) is 7.63. The fourth-order valence-electron chi connectivity index (χ4n) is 2.24. The lowest BCUT2D eigenvalue weighted by atomic mass is 9.99. The van der Waals surface area contributed by atoms with Crippen LogP contribution in [0.4, 0.5) is 5.69 Å². The van der Waals surface area contributed by atoms with E-state index in [4.69, 9.17) is 4.74 Å². The van der Waals surface area contributed by atoms with Crippen LogP contribution in [0.5, 0.6) is 5.75 Å². The molecule has 1 aliphatic rings. The molecule has 3 heteroatoms. The number of ether oxygens (including phenoxy) is 1. The minimum absolute atomic E-state index is 0.157. The molecule has 1 aliphatic heterocycles. The molecule has 1 N–H and O–H groups in total. The summed E-state index contributed by atoms with van der Waals surface area (Å²) in [7, 11) is 1.71. The lowest BCUT2D eigenvalue weighted by molar-refractivity contribution is 0.379. The fraction of sp³-hybridized carbons (Fsp3) is 0.538. The summed E-state index contributed by atoms with van der Waals surface area (Å²) in [6, 6.07) is 8.29. The molecule has 1 fully saturated rings. The van der Waals surface area contributed by atoms with Crippen LogP contribution in [-0.4, -0.2) is 32.3 Å². The maximum atomic E-state index is 5.27. The molecule has 0 saturated carbocycles. The summed E-state index contributed by atoms with van der Waals surface area (Å²) in [5.74, 6) is 0.923. The fourth-order valence-corrected chi connectivity index (χ4v) is 2.24. The van der Waals surface area contributed by atoms with Gasteiger partial charge in [0.15, 0.2) is 0 Å². The van der Waals surface area contributed by atoms with Gasteiger partial charge in [0.1, 0.15) is 5.75 Å². The van der Waals surface area contributed by atoms with Gasteiger partial charge in [-0.25, -0.2) is 0 Å². The van der Waals surface area contributed by atoms with Crippen LogP contribution in [0.25, 0.3) is 0 Å². The lowest BCUT2D eigenvalue weighted by Crippen LogP contribution is -2.58. The van der Waals surface area contributed by atoms with Crippen LogP contribution in [-0.2, 0) is 0 Å². The first kappa shape index (κ1) is 11.3. The summed E-state index contributed by atoms with van der Waals surface area (Å²) in [5, 5.41) is 3.43. The second kappa shape index (κ2) is 4.34. The van der Waals surface area contributed by atoms with Gasteiger partial charge in [-0.3, -0.25) is 0 Å². The number of hydrogen-bond donors (Lipinski definition) is 1. The Morgan fingerprint density at radius 2 is 2.19 bits per heavy atom. The molecule has 0 unspecified atom stereocenters. The number of piperazine rings is 1. The number of nitrogens with one attached hydrogen (secondary N) is 1. The summed E-state index contributed by atoms with van der Waals surface area (Å²) in [4.78, 5) is 2.44. The highest BCUT2D eigenvalue weighted by molar-refractivity contribution is 5.53. The van der Waals surface area contributed by atoms with E-state index in [0.29, 0.717) is 0 Å². The molecule has 0 aliphatic carbocycles. The summed E-state index contributed by atoms with van der Waals surface area (Å²) >= 11 is 0. The molecule has 0 amide bonds. The SMILES string of the molecule is COc1cccc(N2CCNCC2(C)C)c1. The molecule has 0 atom stereocenters. The van der Waals surface area contributed by atoms with Crippen molar-refractivity contribution >= 4 is 5.69 Å². The second-order valence-corrected chi connectivity index (χ2v) is 4.84. The average Bonchev–Trinajstić information content (AvgIpc) is 2.28. The maximum Gasteiger partial charge on any atom is 0.120 e. The Morgan fingerprint density at radius 1 is 1.38 bits per heavy atom. The van der Waals surface area contributed by atoms with Crippen molar-refractivity contribution in [3.63, 3.8) is 0 Å². The van der Waals surface area contributed by atoms with Crippen molar-refractivity contribution in [2.75, 3.05) is 31.6 Å². The molecule has 2 rings (SSSR count). The van der Waals surface area contributed by atoms with E-state index in [2.05, 4.69) is 36.2 Å². The van der Waals surface area contributed by atoms with Crippen molar-refractivity contribution in [1.29, 1.82) is 0 Å². The minimum atomic E-state index is 0.157. The van der Waals surface area contributed by atoms with Gasteiger partial charge < -0.3 is 15.0 Å². The maximum absolute atomic E-state index is 5.27. The highest BCUT2D eigenvalue weighted by atomic mass is 16.5. The van der Waals surface area contributed by atoms with Gasteiger partial charge in [0.25, 0.3) is 0 Å². The van der Waals surface area contributed by atoms with Crippen LogP contribution in [0, 0.1) is 0 Å². The molecule has 88 valence electrons. The van der Waals surface area contributed by atoms with E-state index >= 15 is 0 Å². The number of rotatable bonds is 2. The molecule has 1 heterocycles. The van der Waals surface area contributed by atoms with E-state index in [-0.39, 0.29) is 5.54 Å². The molecule has 1 aromatic rings. The van der Waals surface area contributed by atoms with Gasteiger partial charge in [-0.1, -0.05) is 6.07 Å². The summed E-state index contributed by atoms with van der Waals surface area (Å²) in [5.41, 5.74) is 1.40. The number of hydrogen-bond acceptors (Lipinski definition) is 3. The predicted octanol–water partition coefficient (Wildman–Crippen LogP) is 1.88. The largest absolute Gasteiger partial charge is 0.497 e. The van der Waals surface area contributed by atoms with Crippen molar-refractivity contribution in [2.24, 2.45) is 0 Å². The topological polar surface area (TPSA) is 24.5 Å². The van der Waals surface area contributed by atoms with Gasteiger partial charge in [0.2, 0.25) is 0 Å². The van der Waals surface area contributed by atoms with E-state index in [0.717, 1.165) is 25.4 Å². The van der Waals surface area contributed by atoms with Crippen molar-refractivity contribution < 1.29 is 4.74 Å². The lowest BCUT2D eigenvalue weighted by Gasteiger charge is -2.44. The quantitative estimate of drug-likeness (QED) is 0.823. The highest BCUT2D eigenvalue weighted by Crippen LogP contribution is 2.28. The Kier molecular flexibility index (Phi) is 3.06. The monoisotopic (exact) mass is 220 g/mol. The molecule has 1 saturated heterocycles. The minimum Gasteiger partial charge on any atom is -0.497 e. The standard InChI is InChI=1S/C13H20N2O/c1-13(2)10-14-7-8-15(13)11-5-4-6-12(9-11)16-3/h4-6,9,14H,7-8,10H2,1-3H3. The number of anilines is 1. The van der Waals surface area contributed by atoms with Crippen LogP contribution in [0.1, 0.15) is 13.8 Å². The number of benzene rings is 1. The molecule has 0 spiro atoms. The van der Waals surface area contributed by atoms with E-state index in [1.54, 1.807) is 7.11 Å². The third-order valence-electron chi connectivity index (χ3n) is 3.17. The van der Waals surface area contributed by atoms with Gasteiger partial charge >= 0.3 is 0 Å². The predicted molar refractivity (Wildman–Crippen MR) is 67.3 cm³/mol. The molecule has 3 nitrogen and oxygen atoms in total. The molecular weight excluding hydrogens is 200 g/mol. The van der Waals surface area contributed by atoms with Crippen LogP contribution < -0.4 is 15.0 Å². The Bertz CT molecular complexity index is 363. The number of nitrogens with zero attached hydrogens (tertiary/aromatic N) is 1. The normalized spacial score (nSPS) is 19.6. The van der Waals surface area contributed by atoms with Gasteiger partial charge in [0, 0.05) is 36.9 Å². The van der Waals surface area contributed by atoms with Crippen molar-refractivity contribution in [3.05, 3.63) is 24.3 Å². The Hall–Kier alpha value is -1.22. The van der Waals surface area contributed by atoms with Gasteiger partial charge in [-0.2, -0.15) is 0 Å². The zero-order valence-electron chi connectivity index (χ0n) is 10.3. The van der Waals surface area contributed by atoms with Gasteiger partial charge in [-0.15, -0.1) is 0 Å². The van der Waals surface area contributed by atoms with Gasteiger partial charge in [-0.05, 0) is 26.0 Å². The van der Waals surface area contributed by atoms with E-state index in [1.807, 2.05) is 12.1 Å². The molecule has 0 aromatic heterocycles. The van der Waals surface area contributed by atoms with Gasteiger partial charge in [0.05, 0.1) is 7.11 Å². The van der Waals surface area contributed by atoms with E-state index in [9.17, 15) is 0 Å². The van der Waals surface area contributed by atoms with Crippen LogP contribution in [0.3, 0.4) is 0 Å². The van der Waals surface area contributed by atoms with Crippen molar-refractivity contribution in [1.82, 2.24) is 5.32 Å². The third kappa shape index (κ3) is 2.14. The Labute approximate surface area is 97.4 Å². The Balaban J connectivity index is 2.27. The highest BCUT2D eigenvalue weighted by Gasteiger charge is 2.29. The smallest absolute Gasteiger partial charge is 0.120 e. The second-order valence-electron chi connectivity index (χ2n) is 4.84. The van der Waals surface area contributed by atoms with Crippen molar-refractivity contribution in [3.8, 4) is 5.75 Å². The summed E-state index contributed by atoms with van der Waals surface area (Å²) in [6.07, 6.45) is 0. The van der Waals surface area contributed by atoms with Crippen molar-refractivity contribution in [2.45, 2.75) is 19.4 Å². The molecule has 16 heavy (non-hydrogen) atoms. The number of methoxy groups -OCH3 is 1. The zero-order chi connectivity index (χ0) is 11.6. The summed E-state index contributed by atoms with van der Waals surface area (Å²) in [6.45, 7) is 7.63. The zero-order valence-corrected chi connectivity index (χ0v) is 10.3. The molecule has 0 bridgehead atoms. The molecule has 0 radical (unpaired) electrons. The van der Waals surface area contributed by atoms with E-state index < -0.39 is 0 Å².